The second kappa shape index (κ2) is 8.70. The zero-order valence-corrected chi connectivity index (χ0v) is 19.7. The molecule has 0 saturated heterocycles. The number of amides is 2. The van der Waals surface area contributed by atoms with E-state index in [9.17, 15) is 14.0 Å². The van der Waals surface area contributed by atoms with Gasteiger partial charge in [0.25, 0.3) is 5.91 Å². The van der Waals surface area contributed by atoms with Crippen LogP contribution in [-0.2, 0) is 17.9 Å². The summed E-state index contributed by atoms with van der Waals surface area (Å²) in [5.41, 5.74) is 0.821. The minimum absolute atomic E-state index is 0.114. The quantitative estimate of drug-likeness (QED) is 0.418. The Bertz CT molecular complexity index is 1370. The van der Waals surface area contributed by atoms with Gasteiger partial charge in [-0.2, -0.15) is 5.10 Å². The van der Waals surface area contributed by atoms with Crippen LogP contribution in [-0.4, -0.2) is 27.1 Å². The molecular formula is C25H20ClFN4O2S. The fourth-order valence-electron chi connectivity index (χ4n) is 4.12. The zero-order chi connectivity index (χ0) is 23.9. The maximum absolute atomic E-state index is 14.1. The number of nitrogens with zero attached hydrogens (tertiary/aromatic N) is 3. The average molecular weight is 495 g/mol. The number of halogens is 2. The van der Waals surface area contributed by atoms with E-state index in [4.69, 9.17) is 11.6 Å². The molecular weight excluding hydrogens is 475 g/mol. The molecule has 2 aromatic heterocycles. The topological polar surface area (TPSA) is 67.2 Å². The van der Waals surface area contributed by atoms with Gasteiger partial charge in [-0.15, -0.1) is 11.3 Å². The molecule has 1 aliphatic rings. The van der Waals surface area contributed by atoms with Crippen LogP contribution >= 0.6 is 22.9 Å². The number of anilines is 1. The van der Waals surface area contributed by atoms with Crippen LogP contribution in [0.3, 0.4) is 0 Å². The molecule has 34 heavy (non-hydrogen) atoms. The highest BCUT2D eigenvalue weighted by Gasteiger charge is 2.49. The standard InChI is InChI=1S/C25H20ClFN4O2S/c1-25(24(33)28-14-16-7-9-17(26)10-8-16)15-30-21(13-20(29-30)22-6-3-11-34-22)23(32)31(25)19-5-2-4-18(27)12-19/h2-13H,14-15H2,1H3,(H,28,33). The lowest BCUT2D eigenvalue weighted by molar-refractivity contribution is -0.126. The molecule has 0 fully saturated rings. The highest BCUT2D eigenvalue weighted by Crippen LogP contribution is 2.35. The third kappa shape index (κ3) is 3.99. The maximum atomic E-state index is 14.1. The molecule has 1 unspecified atom stereocenters. The van der Waals surface area contributed by atoms with E-state index in [0.717, 1.165) is 10.4 Å². The molecule has 1 aliphatic heterocycles. The molecule has 6 nitrogen and oxygen atoms in total. The third-order valence-corrected chi connectivity index (χ3v) is 6.99. The number of rotatable bonds is 5. The van der Waals surface area contributed by atoms with Crippen molar-refractivity contribution in [2.24, 2.45) is 0 Å². The van der Waals surface area contributed by atoms with Crippen molar-refractivity contribution in [3.8, 4) is 10.6 Å². The Balaban J connectivity index is 1.53. The summed E-state index contributed by atoms with van der Waals surface area (Å²) in [4.78, 5) is 29.5. The monoisotopic (exact) mass is 494 g/mol. The fourth-order valence-corrected chi connectivity index (χ4v) is 4.93. The molecule has 0 radical (unpaired) electrons. The summed E-state index contributed by atoms with van der Waals surface area (Å²) in [5.74, 6) is -1.29. The number of fused-ring (bicyclic) bond motifs is 1. The number of carbonyl (C=O) groups is 2. The molecule has 0 aliphatic carbocycles. The van der Waals surface area contributed by atoms with E-state index in [1.54, 1.807) is 35.9 Å². The first-order chi connectivity index (χ1) is 16.3. The Labute approximate surface area is 204 Å². The SMILES string of the molecule is CC1(C(=O)NCc2ccc(Cl)cc2)Cn2nc(-c3cccs3)cc2C(=O)N1c1cccc(F)c1. The zero-order valence-electron chi connectivity index (χ0n) is 18.2. The summed E-state index contributed by atoms with van der Waals surface area (Å²) in [7, 11) is 0. The molecule has 3 heterocycles. The van der Waals surface area contributed by atoms with Gasteiger partial charge in [0.15, 0.2) is 0 Å². The number of nitrogens with one attached hydrogen (secondary N) is 1. The largest absolute Gasteiger partial charge is 0.350 e. The Kier molecular flexibility index (Phi) is 5.71. The van der Waals surface area contributed by atoms with Crippen molar-refractivity contribution < 1.29 is 14.0 Å². The van der Waals surface area contributed by atoms with Crippen molar-refractivity contribution in [2.45, 2.75) is 25.6 Å². The average Bonchev–Trinajstić information content (AvgIpc) is 3.48. The second-order valence-electron chi connectivity index (χ2n) is 8.25. The minimum atomic E-state index is -1.34. The first kappa shape index (κ1) is 22.3. The summed E-state index contributed by atoms with van der Waals surface area (Å²) in [6.07, 6.45) is 0. The lowest BCUT2D eigenvalue weighted by Gasteiger charge is -2.43. The Morgan fingerprint density at radius 1 is 1.18 bits per heavy atom. The third-order valence-electron chi connectivity index (χ3n) is 5.85. The van der Waals surface area contributed by atoms with Crippen LogP contribution in [0.15, 0.2) is 72.1 Å². The summed E-state index contributed by atoms with van der Waals surface area (Å²) < 4.78 is 15.7. The van der Waals surface area contributed by atoms with Gasteiger partial charge in [-0.3, -0.25) is 19.2 Å². The van der Waals surface area contributed by atoms with Gasteiger partial charge in [0.1, 0.15) is 22.7 Å². The number of aromatic nitrogens is 2. The Hall–Kier alpha value is -3.49. The first-order valence-electron chi connectivity index (χ1n) is 10.6. The second-order valence-corrected chi connectivity index (χ2v) is 9.64. The highest BCUT2D eigenvalue weighted by molar-refractivity contribution is 7.13. The summed E-state index contributed by atoms with van der Waals surface area (Å²) in [5, 5.41) is 10.1. The van der Waals surface area contributed by atoms with Gasteiger partial charge in [-0.1, -0.05) is 35.9 Å². The lowest BCUT2D eigenvalue weighted by Crippen LogP contribution is -2.64. The number of hydrogen-bond donors (Lipinski definition) is 1. The fraction of sp³-hybridized carbons (Fsp3) is 0.160. The molecule has 5 rings (SSSR count). The smallest absolute Gasteiger partial charge is 0.277 e. The Morgan fingerprint density at radius 3 is 2.68 bits per heavy atom. The van der Waals surface area contributed by atoms with Gasteiger partial charge >= 0.3 is 0 Å². The van der Waals surface area contributed by atoms with E-state index >= 15 is 0 Å². The molecule has 2 aromatic carbocycles. The summed E-state index contributed by atoms with van der Waals surface area (Å²) >= 11 is 7.46. The Morgan fingerprint density at radius 2 is 1.97 bits per heavy atom. The molecule has 1 atom stereocenters. The van der Waals surface area contributed by atoms with Gasteiger partial charge in [0, 0.05) is 17.3 Å². The van der Waals surface area contributed by atoms with E-state index in [-0.39, 0.29) is 19.0 Å². The van der Waals surface area contributed by atoms with Crippen molar-refractivity contribution in [2.75, 3.05) is 4.90 Å². The van der Waals surface area contributed by atoms with Crippen LogP contribution in [0, 0.1) is 5.82 Å². The van der Waals surface area contributed by atoms with Crippen LogP contribution < -0.4 is 10.2 Å². The normalized spacial score (nSPS) is 17.5. The minimum Gasteiger partial charge on any atom is -0.350 e. The molecule has 9 heteroatoms. The van der Waals surface area contributed by atoms with E-state index in [1.807, 2.05) is 29.6 Å². The number of carbonyl (C=O) groups excluding carboxylic acids is 2. The van der Waals surface area contributed by atoms with Crippen molar-refractivity contribution in [3.63, 3.8) is 0 Å². The van der Waals surface area contributed by atoms with Crippen molar-refractivity contribution in [1.29, 1.82) is 0 Å². The van der Waals surface area contributed by atoms with Crippen molar-refractivity contribution in [1.82, 2.24) is 15.1 Å². The molecule has 0 bridgehead atoms. The summed E-state index contributed by atoms with van der Waals surface area (Å²) in [6.45, 7) is 2.04. The molecule has 172 valence electrons. The van der Waals surface area contributed by atoms with E-state index in [1.165, 1.54) is 34.4 Å². The predicted molar refractivity (Wildman–Crippen MR) is 130 cm³/mol. The van der Waals surface area contributed by atoms with Gasteiger partial charge in [0.05, 0.1) is 11.4 Å². The van der Waals surface area contributed by atoms with Gasteiger partial charge < -0.3 is 5.32 Å². The molecule has 1 N–H and O–H groups in total. The van der Waals surface area contributed by atoms with E-state index in [0.29, 0.717) is 22.1 Å². The summed E-state index contributed by atoms with van der Waals surface area (Å²) in [6, 6.07) is 18.4. The van der Waals surface area contributed by atoms with Gasteiger partial charge in [0.2, 0.25) is 5.91 Å². The number of thiophene rings is 1. The van der Waals surface area contributed by atoms with Gasteiger partial charge in [-0.05, 0) is 60.3 Å². The van der Waals surface area contributed by atoms with Crippen LogP contribution in [0.1, 0.15) is 23.0 Å². The van der Waals surface area contributed by atoms with Crippen LogP contribution in [0.25, 0.3) is 10.6 Å². The number of hydrogen-bond acceptors (Lipinski definition) is 4. The van der Waals surface area contributed by atoms with Crippen LogP contribution in [0.5, 0.6) is 0 Å². The van der Waals surface area contributed by atoms with E-state index in [2.05, 4.69) is 10.4 Å². The van der Waals surface area contributed by atoms with Crippen LogP contribution in [0.4, 0.5) is 10.1 Å². The lowest BCUT2D eigenvalue weighted by atomic mass is 9.93. The number of benzene rings is 2. The molecule has 0 spiro atoms. The van der Waals surface area contributed by atoms with E-state index < -0.39 is 17.3 Å². The van der Waals surface area contributed by atoms with Gasteiger partial charge in [-0.25, -0.2) is 4.39 Å². The van der Waals surface area contributed by atoms with Crippen molar-refractivity contribution in [3.05, 3.63) is 94.2 Å². The highest BCUT2D eigenvalue weighted by atomic mass is 35.5. The molecule has 4 aromatic rings. The predicted octanol–water partition coefficient (Wildman–Crippen LogP) is 5.14. The van der Waals surface area contributed by atoms with Crippen molar-refractivity contribution >= 4 is 40.4 Å². The first-order valence-corrected chi connectivity index (χ1v) is 11.9. The maximum Gasteiger partial charge on any atom is 0.277 e. The molecule has 0 saturated carbocycles. The molecule has 2 amide bonds. The van der Waals surface area contributed by atoms with Crippen LogP contribution in [0.2, 0.25) is 5.02 Å².